The summed E-state index contributed by atoms with van der Waals surface area (Å²) in [4.78, 5) is 27.8. The van der Waals surface area contributed by atoms with Crippen LogP contribution >= 0.6 is 0 Å². The van der Waals surface area contributed by atoms with E-state index in [2.05, 4.69) is 16.1 Å². The van der Waals surface area contributed by atoms with Gasteiger partial charge >= 0.3 is 0 Å². The zero-order valence-corrected chi connectivity index (χ0v) is 9.12. The second-order valence-corrected chi connectivity index (χ2v) is 4.19. The summed E-state index contributed by atoms with van der Waals surface area (Å²) < 4.78 is 0. The molecule has 1 unspecified atom stereocenters. The number of rotatable bonds is 2. The van der Waals surface area contributed by atoms with E-state index in [1.165, 1.54) is 0 Å². The lowest BCUT2D eigenvalue weighted by atomic mass is 10.1. The van der Waals surface area contributed by atoms with Crippen molar-refractivity contribution in [3.8, 4) is 0 Å². The highest BCUT2D eigenvalue weighted by Crippen LogP contribution is 2.08. The molecule has 2 fully saturated rings. The summed E-state index contributed by atoms with van der Waals surface area (Å²) in [6.45, 7) is 1.07. The van der Waals surface area contributed by atoms with Crippen LogP contribution in [0.4, 0.5) is 0 Å². The number of carbonyl (C=O) groups excluding carboxylic acids is 2. The van der Waals surface area contributed by atoms with Gasteiger partial charge < -0.3 is 10.6 Å². The lowest BCUT2D eigenvalue weighted by Crippen LogP contribution is -2.50. The molecule has 2 saturated heterocycles. The quantitative estimate of drug-likeness (QED) is 0.569. The van der Waals surface area contributed by atoms with Crippen LogP contribution in [0.15, 0.2) is 0 Å². The zero-order valence-electron chi connectivity index (χ0n) is 9.12. The van der Waals surface area contributed by atoms with Crippen LogP contribution in [-0.2, 0) is 14.4 Å². The van der Waals surface area contributed by atoms with Gasteiger partial charge in [0, 0.05) is 0 Å². The summed E-state index contributed by atoms with van der Waals surface area (Å²) >= 11 is 0. The summed E-state index contributed by atoms with van der Waals surface area (Å²) in [7, 11) is 0. The Kier molecular flexibility index (Phi) is 3.74. The fourth-order valence-electron chi connectivity index (χ4n) is 1.97. The van der Waals surface area contributed by atoms with Gasteiger partial charge in [0.15, 0.2) is 0 Å². The summed E-state index contributed by atoms with van der Waals surface area (Å²) in [5, 5.41) is 5.87. The minimum atomic E-state index is -0.544. The van der Waals surface area contributed by atoms with Gasteiger partial charge in [-0.15, -0.1) is 0 Å². The van der Waals surface area contributed by atoms with E-state index in [1.807, 2.05) is 0 Å². The Morgan fingerprint density at radius 1 is 1.38 bits per heavy atom. The van der Waals surface area contributed by atoms with Crippen molar-refractivity contribution in [3.05, 3.63) is 0 Å². The minimum Gasteiger partial charge on any atom is -0.341 e. The smallest absolute Gasteiger partial charge is 0.268 e. The first-order valence-corrected chi connectivity index (χ1v) is 5.73. The Hall–Kier alpha value is -1.14. The maximum atomic E-state index is 11.8. The monoisotopic (exact) mass is 227 g/mol. The van der Waals surface area contributed by atoms with Crippen LogP contribution in [0.5, 0.6) is 0 Å². The number of hydrogen-bond donors (Lipinski definition) is 3. The Morgan fingerprint density at radius 3 is 3.00 bits per heavy atom. The molecule has 0 aromatic carbocycles. The van der Waals surface area contributed by atoms with Gasteiger partial charge in [0.05, 0.1) is 6.04 Å². The molecule has 16 heavy (non-hydrogen) atoms. The van der Waals surface area contributed by atoms with Gasteiger partial charge in [0.2, 0.25) is 5.91 Å². The molecule has 0 spiro atoms. The molecule has 2 aliphatic rings. The van der Waals surface area contributed by atoms with Crippen LogP contribution in [0.3, 0.4) is 0 Å². The van der Waals surface area contributed by atoms with Gasteiger partial charge in [-0.2, -0.15) is 0 Å². The second kappa shape index (κ2) is 5.27. The molecule has 2 heterocycles. The van der Waals surface area contributed by atoms with Crippen LogP contribution in [0.1, 0.15) is 25.7 Å². The normalized spacial score (nSPS) is 30.6. The summed E-state index contributed by atoms with van der Waals surface area (Å²) in [6, 6.07) is -0.714. The summed E-state index contributed by atoms with van der Waals surface area (Å²) in [6.07, 6.45) is 4.15. The molecule has 90 valence electrons. The molecule has 0 bridgehead atoms. The van der Waals surface area contributed by atoms with Gasteiger partial charge in [-0.1, -0.05) is 12.8 Å². The molecule has 2 amide bonds. The molecule has 6 nitrogen and oxygen atoms in total. The number of hydroxylamine groups is 1. The van der Waals surface area contributed by atoms with Crippen molar-refractivity contribution in [2.75, 3.05) is 13.2 Å². The topological polar surface area (TPSA) is 79.5 Å². The van der Waals surface area contributed by atoms with Crippen molar-refractivity contribution in [2.45, 2.75) is 37.8 Å². The molecule has 3 N–H and O–H groups in total. The predicted molar refractivity (Wildman–Crippen MR) is 56.3 cm³/mol. The van der Waals surface area contributed by atoms with Gasteiger partial charge in [-0.3, -0.25) is 14.4 Å². The van der Waals surface area contributed by atoms with Crippen molar-refractivity contribution in [3.63, 3.8) is 0 Å². The highest BCUT2D eigenvalue weighted by atomic mass is 16.7. The van der Waals surface area contributed by atoms with Crippen molar-refractivity contribution < 1.29 is 14.4 Å². The van der Waals surface area contributed by atoms with E-state index in [-0.39, 0.29) is 24.5 Å². The van der Waals surface area contributed by atoms with Gasteiger partial charge in [0.1, 0.15) is 12.6 Å². The van der Waals surface area contributed by atoms with E-state index >= 15 is 0 Å². The molecular formula is C10H17N3O3. The Labute approximate surface area is 94.1 Å². The fourth-order valence-corrected chi connectivity index (χ4v) is 1.97. The lowest BCUT2D eigenvalue weighted by molar-refractivity contribution is -0.129. The van der Waals surface area contributed by atoms with Crippen LogP contribution in [0, 0.1) is 0 Å². The van der Waals surface area contributed by atoms with E-state index in [0.717, 1.165) is 32.2 Å². The average Bonchev–Trinajstić information content (AvgIpc) is 2.57. The summed E-state index contributed by atoms with van der Waals surface area (Å²) in [5.74, 6) is -0.380. The molecule has 2 rings (SSSR count). The van der Waals surface area contributed by atoms with Crippen molar-refractivity contribution in [2.24, 2.45) is 0 Å². The van der Waals surface area contributed by atoms with Crippen LogP contribution in [0.25, 0.3) is 0 Å². The van der Waals surface area contributed by atoms with Crippen molar-refractivity contribution >= 4 is 11.8 Å². The SMILES string of the molecule is O=C(N[C@@H]1CONC1=O)C1CCCCCN1. The van der Waals surface area contributed by atoms with E-state index in [4.69, 9.17) is 4.84 Å². The maximum Gasteiger partial charge on any atom is 0.268 e. The van der Waals surface area contributed by atoms with E-state index in [9.17, 15) is 9.59 Å². The first kappa shape index (κ1) is 11.3. The molecule has 6 heteroatoms. The standard InChI is InChI=1S/C10H17N3O3/c14-9(7-4-2-1-3-5-11-7)12-8-6-16-13-10(8)15/h7-8,11H,1-6H2,(H,12,14)(H,13,15)/t7?,8-/m1/s1. The third kappa shape index (κ3) is 2.70. The third-order valence-corrected chi connectivity index (χ3v) is 2.93. The number of hydrogen-bond acceptors (Lipinski definition) is 4. The molecular weight excluding hydrogens is 210 g/mol. The van der Waals surface area contributed by atoms with E-state index in [1.54, 1.807) is 0 Å². The number of nitrogens with one attached hydrogen (secondary N) is 3. The fraction of sp³-hybridized carbons (Fsp3) is 0.800. The minimum absolute atomic E-state index is 0.104. The molecule has 2 aliphatic heterocycles. The average molecular weight is 227 g/mol. The zero-order chi connectivity index (χ0) is 11.4. The first-order chi connectivity index (χ1) is 7.77. The Balaban J connectivity index is 1.84. The Bertz CT molecular complexity index is 274. The second-order valence-electron chi connectivity index (χ2n) is 4.19. The highest BCUT2D eigenvalue weighted by molar-refractivity contribution is 5.90. The van der Waals surface area contributed by atoms with E-state index in [0.29, 0.717) is 0 Å². The molecule has 0 aliphatic carbocycles. The highest BCUT2D eigenvalue weighted by Gasteiger charge is 2.29. The molecule has 0 aromatic heterocycles. The predicted octanol–water partition coefficient (Wildman–Crippen LogP) is -0.935. The lowest BCUT2D eigenvalue weighted by Gasteiger charge is -2.17. The maximum absolute atomic E-state index is 11.8. The van der Waals surface area contributed by atoms with Crippen LogP contribution in [-0.4, -0.2) is 37.0 Å². The molecule has 0 aromatic rings. The Morgan fingerprint density at radius 2 is 2.25 bits per heavy atom. The third-order valence-electron chi connectivity index (χ3n) is 2.93. The first-order valence-electron chi connectivity index (χ1n) is 5.73. The number of amides is 2. The van der Waals surface area contributed by atoms with Gasteiger partial charge in [-0.25, -0.2) is 5.48 Å². The van der Waals surface area contributed by atoms with E-state index < -0.39 is 6.04 Å². The van der Waals surface area contributed by atoms with Crippen LogP contribution in [0.2, 0.25) is 0 Å². The largest absolute Gasteiger partial charge is 0.341 e. The van der Waals surface area contributed by atoms with Crippen LogP contribution < -0.4 is 16.1 Å². The van der Waals surface area contributed by atoms with Gasteiger partial charge in [-0.05, 0) is 19.4 Å². The molecule has 0 radical (unpaired) electrons. The molecule has 2 atom stereocenters. The van der Waals surface area contributed by atoms with Crippen molar-refractivity contribution in [1.29, 1.82) is 0 Å². The summed E-state index contributed by atoms with van der Waals surface area (Å²) in [5.41, 5.74) is 2.22. The van der Waals surface area contributed by atoms with Crippen molar-refractivity contribution in [1.82, 2.24) is 16.1 Å². The molecule has 0 saturated carbocycles. The number of carbonyl (C=O) groups is 2. The van der Waals surface area contributed by atoms with Gasteiger partial charge in [0.25, 0.3) is 5.91 Å².